The van der Waals surface area contributed by atoms with Crippen molar-refractivity contribution >= 4 is 30.4 Å². The molecule has 0 bridgehead atoms. The quantitative estimate of drug-likeness (QED) is 0.308. The predicted molar refractivity (Wildman–Crippen MR) is 61.5 cm³/mol. The van der Waals surface area contributed by atoms with E-state index < -0.39 is 0 Å². The van der Waals surface area contributed by atoms with Gasteiger partial charge in [-0.25, -0.2) is 0 Å². The summed E-state index contributed by atoms with van der Waals surface area (Å²) < 4.78 is -0.0223. The third-order valence-corrected chi connectivity index (χ3v) is 3.27. The molecule has 64 valence electrons. The number of hydrogen-bond acceptors (Lipinski definition) is 0. The zero-order valence-electron chi connectivity index (χ0n) is 7.86. The lowest BCUT2D eigenvalue weighted by Gasteiger charge is -2.25. The topological polar surface area (TPSA) is 0 Å². The molecule has 0 rings (SSSR count). The van der Waals surface area contributed by atoms with E-state index in [0.29, 0.717) is 5.92 Å². The van der Waals surface area contributed by atoms with Gasteiger partial charge in [0.2, 0.25) is 0 Å². The highest BCUT2D eigenvalue weighted by Gasteiger charge is 2.20. The monoisotopic (exact) mass is 264 g/mol. The first-order valence-electron chi connectivity index (χ1n) is 4.46. The van der Waals surface area contributed by atoms with E-state index in [4.69, 9.17) is 7.85 Å². The van der Waals surface area contributed by atoms with Crippen LogP contribution in [0.4, 0.5) is 0 Å². The van der Waals surface area contributed by atoms with Gasteiger partial charge in [0, 0.05) is 0 Å². The molecule has 0 heterocycles. The fraction of sp³-hybridized carbons (Fsp3) is 1.00. The average Bonchev–Trinajstić information content (AvgIpc) is 1.86. The minimum atomic E-state index is -0.0223. The lowest BCUT2D eigenvalue weighted by molar-refractivity contribution is 0.477. The van der Waals surface area contributed by atoms with Gasteiger partial charge in [-0.1, -0.05) is 69.0 Å². The Morgan fingerprint density at radius 3 is 2.36 bits per heavy atom. The largest absolute Gasteiger partial charge is 0.0896 e. The summed E-state index contributed by atoms with van der Waals surface area (Å²) in [6, 6.07) is 0. The van der Waals surface area contributed by atoms with Gasteiger partial charge >= 0.3 is 0 Å². The Morgan fingerprint density at radius 2 is 2.00 bits per heavy atom. The van der Waals surface area contributed by atoms with E-state index in [2.05, 4.69) is 43.4 Å². The van der Waals surface area contributed by atoms with Crippen molar-refractivity contribution in [1.82, 2.24) is 0 Å². The Morgan fingerprint density at radius 1 is 1.45 bits per heavy atom. The van der Waals surface area contributed by atoms with E-state index in [1.807, 2.05) is 0 Å². The van der Waals surface area contributed by atoms with Crippen molar-refractivity contribution < 1.29 is 0 Å². The standard InChI is InChI=1S/C9H18BI/c1-4-5-6-7-8(2)9(3,10)11/h8H,4-7H2,1-3H3. The Balaban J connectivity index is 3.44. The van der Waals surface area contributed by atoms with Crippen LogP contribution in [0.25, 0.3) is 0 Å². The minimum Gasteiger partial charge on any atom is -0.0896 e. The Bertz CT molecular complexity index is 96.2. The summed E-state index contributed by atoms with van der Waals surface area (Å²) >= 11 is 2.33. The number of alkyl halides is 1. The van der Waals surface area contributed by atoms with Crippen molar-refractivity contribution in [3.8, 4) is 0 Å². The van der Waals surface area contributed by atoms with Crippen LogP contribution in [0, 0.1) is 5.92 Å². The van der Waals surface area contributed by atoms with E-state index in [0.717, 1.165) is 0 Å². The van der Waals surface area contributed by atoms with Crippen molar-refractivity contribution in [2.24, 2.45) is 5.92 Å². The van der Waals surface area contributed by atoms with Gasteiger partial charge in [-0.15, -0.1) is 0 Å². The number of unbranched alkanes of at least 4 members (excludes halogenated alkanes) is 2. The third-order valence-electron chi connectivity index (χ3n) is 2.20. The molecule has 0 saturated carbocycles. The van der Waals surface area contributed by atoms with Crippen LogP contribution >= 0.6 is 22.6 Å². The van der Waals surface area contributed by atoms with Crippen molar-refractivity contribution in [1.29, 1.82) is 0 Å². The Labute approximate surface area is 86.1 Å². The van der Waals surface area contributed by atoms with Crippen LogP contribution in [0.2, 0.25) is 0 Å². The highest BCUT2D eigenvalue weighted by molar-refractivity contribution is 14.1. The third kappa shape index (κ3) is 6.00. The minimum absolute atomic E-state index is 0.0223. The van der Waals surface area contributed by atoms with E-state index in [9.17, 15) is 0 Å². The maximum Gasteiger partial charge on any atom is 0.0889 e. The highest BCUT2D eigenvalue weighted by Crippen LogP contribution is 2.27. The molecule has 0 N–H and O–H groups in total. The molecular weight excluding hydrogens is 246 g/mol. The molecule has 2 atom stereocenters. The van der Waals surface area contributed by atoms with Gasteiger partial charge in [0.15, 0.2) is 0 Å². The summed E-state index contributed by atoms with van der Waals surface area (Å²) in [5.74, 6) is 0.634. The molecule has 0 aliphatic carbocycles. The van der Waals surface area contributed by atoms with Gasteiger partial charge in [0.05, 0.1) is 7.85 Å². The molecule has 0 aliphatic heterocycles. The molecule has 0 aromatic carbocycles. The summed E-state index contributed by atoms with van der Waals surface area (Å²) in [6.07, 6.45) is 5.24. The van der Waals surface area contributed by atoms with Crippen LogP contribution in [0.3, 0.4) is 0 Å². The smallest absolute Gasteiger partial charge is 0.0889 e. The molecule has 0 aromatic heterocycles. The summed E-state index contributed by atoms with van der Waals surface area (Å²) in [6.45, 7) is 6.57. The number of halogens is 1. The molecule has 0 amide bonds. The summed E-state index contributed by atoms with van der Waals surface area (Å²) in [4.78, 5) is 0. The first-order chi connectivity index (χ1) is 4.98. The molecular formula is C9H18BI. The second-order valence-electron chi connectivity index (χ2n) is 3.55. The molecule has 0 saturated heterocycles. The second kappa shape index (κ2) is 5.44. The first-order valence-corrected chi connectivity index (χ1v) is 5.54. The molecule has 0 spiro atoms. The normalized spacial score (nSPS) is 19.3. The predicted octanol–water partition coefficient (Wildman–Crippen LogP) is 3.52. The molecule has 0 fully saturated rings. The van der Waals surface area contributed by atoms with E-state index >= 15 is 0 Å². The van der Waals surface area contributed by atoms with Crippen LogP contribution in [0.15, 0.2) is 0 Å². The Hall–Kier alpha value is 0.795. The molecule has 2 unspecified atom stereocenters. The highest BCUT2D eigenvalue weighted by atomic mass is 127. The fourth-order valence-corrected chi connectivity index (χ4v) is 1.29. The second-order valence-corrected chi connectivity index (χ2v) is 5.87. The summed E-state index contributed by atoms with van der Waals surface area (Å²) in [5, 5.41) is 0. The van der Waals surface area contributed by atoms with E-state index in [1.165, 1.54) is 25.7 Å². The molecule has 0 aromatic rings. The van der Waals surface area contributed by atoms with Crippen LogP contribution in [-0.2, 0) is 0 Å². The molecule has 0 aliphatic rings. The van der Waals surface area contributed by atoms with Gasteiger partial charge in [-0.05, 0) is 9.24 Å². The number of rotatable bonds is 5. The van der Waals surface area contributed by atoms with Crippen molar-refractivity contribution in [2.45, 2.75) is 49.8 Å². The molecule has 2 radical (unpaired) electrons. The SMILES string of the molecule is [B]C(C)(I)C(C)CCCCC. The van der Waals surface area contributed by atoms with Gasteiger partial charge in [-0.2, -0.15) is 0 Å². The van der Waals surface area contributed by atoms with Gasteiger partial charge in [0.25, 0.3) is 0 Å². The maximum atomic E-state index is 5.95. The zero-order chi connectivity index (χ0) is 8.91. The fourth-order valence-electron chi connectivity index (χ4n) is 0.983. The zero-order valence-corrected chi connectivity index (χ0v) is 10.0. The maximum absolute atomic E-state index is 5.95. The van der Waals surface area contributed by atoms with Gasteiger partial charge < -0.3 is 0 Å². The van der Waals surface area contributed by atoms with E-state index in [1.54, 1.807) is 0 Å². The Kier molecular flexibility index (Phi) is 5.84. The lowest BCUT2D eigenvalue weighted by Crippen LogP contribution is -2.25. The molecule has 0 nitrogen and oxygen atoms in total. The molecule has 11 heavy (non-hydrogen) atoms. The lowest BCUT2D eigenvalue weighted by atomic mass is 9.77. The van der Waals surface area contributed by atoms with Crippen molar-refractivity contribution in [2.75, 3.05) is 0 Å². The first kappa shape index (κ1) is 11.8. The average molecular weight is 264 g/mol. The van der Waals surface area contributed by atoms with E-state index in [-0.39, 0.29) is 3.32 Å². The van der Waals surface area contributed by atoms with Crippen molar-refractivity contribution in [3.63, 3.8) is 0 Å². The van der Waals surface area contributed by atoms with Crippen LogP contribution in [0.1, 0.15) is 46.5 Å². The van der Waals surface area contributed by atoms with Gasteiger partial charge in [-0.3, -0.25) is 0 Å². The summed E-state index contributed by atoms with van der Waals surface area (Å²) in [5.41, 5.74) is 0. The van der Waals surface area contributed by atoms with Gasteiger partial charge in [0.1, 0.15) is 0 Å². The number of hydrogen-bond donors (Lipinski definition) is 0. The summed E-state index contributed by atoms with van der Waals surface area (Å²) in [7, 11) is 5.95. The molecule has 2 heteroatoms. The van der Waals surface area contributed by atoms with Crippen LogP contribution < -0.4 is 0 Å². The van der Waals surface area contributed by atoms with Crippen LogP contribution in [0.5, 0.6) is 0 Å². The van der Waals surface area contributed by atoms with Crippen molar-refractivity contribution in [3.05, 3.63) is 0 Å². The van der Waals surface area contributed by atoms with Crippen LogP contribution in [-0.4, -0.2) is 11.2 Å².